The van der Waals surface area contributed by atoms with Gasteiger partial charge in [-0.2, -0.15) is 0 Å². The number of rotatable bonds is 5. The largest absolute Gasteiger partial charge is 0.372 e. The van der Waals surface area contributed by atoms with Crippen LogP contribution < -0.4 is 5.32 Å². The van der Waals surface area contributed by atoms with Gasteiger partial charge in [0.1, 0.15) is 11.4 Å². The summed E-state index contributed by atoms with van der Waals surface area (Å²) >= 11 is 0. The van der Waals surface area contributed by atoms with Gasteiger partial charge in [0.15, 0.2) is 0 Å². The first-order valence-corrected chi connectivity index (χ1v) is 7.53. The fourth-order valence-electron chi connectivity index (χ4n) is 2.49. The molecule has 1 unspecified atom stereocenters. The Morgan fingerprint density at radius 2 is 1.91 bits per heavy atom. The van der Waals surface area contributed by atoms with E-state index in [4.69, 9.17) is 4.74 Å². The van der Waals surface area contributed by atoms with Crippen molar-refractivity contribution in [3.05, 3.63) is 70.5 Å². The summed E-state index contributed by atoms with van der Waals surface area (Å²) in [4.78, 5) is 12.4. The molecule has 1 atom stereocenters. The number of carbonyl (C=O) groups excluding carboxylic acids is 1. The van der Waals surface area contributed by atoms with Gasteiger partial charge in [0, 0.05) is 18.2 Å². The predicted octanol–water partition coefficient (Wildman–Crippen LogP) is 3.73. The maximum atomic E-state index is 14.0. The summed E-state index contributed by atoms with van der Waals surface area (Å²) in [6.07, 6.45) is 0. The van der Waals surface area contributed by atoms with Crippen molar-refractivity contribution in [2.45, 2.75) is 26.4 Å². The Morgan fingerprint density at radius 1 is 1.22 bits per heavy atom. The van der Waals surface area contributed by atoms with Gasteiger partial charge in [-0.25, -0.2) is 4.39 Å². The summed E-state index contributed by atoms with van der Waals surface area (Å²) in [6, 6.07) is 12.2. The Hall–Kier alpha value is -2.20. The number of amides is 1. The van der Waals surface area contributed by atoms with E-state index in [-0.39, 0.29) is 18.3 Å². The van der Waals surface area contributed by atoms with Crippen LogP contribution in [0.4, 0.5) is 4.39 Å². The molecule has 2 rings (SSSR count). The van der Waals surface area contributed by atoms with Crippen molar-refractivity contribution in [3.8, 4) is 0 Å². The molecule has 4 heteroatoms. The first-order valence-electron chi connectivity index (χ1n) is 7.53. The van der Waals surface area contributed by atoms with Gasteiger partial charge in [0.2, 0.25) is 0 Å². The summed E-state index contributed by atoms with van der Waals surface area (Å²) in [5, 5.41) is 2.85. The van der Waals surface area contributed by atoms with E-state index in [0.29, 0.717) is 11.1 Å². The molecule has 3 nitrogen and oxygen atoms in total. The zero-order valence-corrected chi connectivity index (χ0v) is 13.9. The molecule has 0 heterocycles. The summed E-state index contributed by atoms with van der Waals surface area (Å²) in [6.45, 7) is 5.76. The molecule has 23 heavy (non-hydrogen) atoms. The van der Waals surface area contributed by atoms with Crippen molar-refractivity contribution in [1.29, 1.82) is 0 Å². The molecule has 2 aromatic carbocycles. The number of aryl methyl sites for hydroxylation is 2. The quantitative estimate of drug-likeness (QED) is 0.913. The van der Waals surface area contributed by atoms with Crippen LogP contribution >= 0.6 is 0 Å². The van der Waals surface area contributed by atoms with Crippen molar-refractivity contribution in [3.63, 3.8) is 0 Å². The number of benzene rings is 2. The SMILES string of the molecule is COC(C)(CNC(=O)c1cc(C)ccc1C)c1ccccc1F. The molecule has 1 N–H and O–H groups in total. The van der Waals surface area contributed by atoms with Gasteiger partial charge in [-0.3, -0.25) is 4.79 Å². The minimum Gasteiger partial charge on any atom is -0.372 e. The smallest absolute Gasteiger partial charge is 0.251 e. The standard InChI is InChI=1S/C19H22FNO2/c1-13-9-10-14(2)15(11-13)18(22)21-12-19(3,23-4)16-7-5-6-8-17(16)20/h5-11H,12H2,1-4H3,(H,21,22). The Balaban J connectivity index is 2.19. The maximum absolute atomic E-state index is 14.0. The molecule has 0 aliphatic carbocycles. The lowest BCUT2D eigenvalue weighted by atomic mass is 9.94. The Labute approximate surface area is 136 Å². The highest BCUT2D eigenvalue weighted by atomic mass is 19.1. The molecule has 2 aromatic rings. The van der Waals surface area contributed by atoms with Gasteiger partial charge in [-0.1, -0.05) is 35.9 Å². The van der Waals surface area contributed by atoms with Crippen LogP contribution in [0, 0.1) is 19.7 Å². The minimum atomic E-state index is -0.932. The van der Waals surface area contributed by atoms with Gasteiger partial charge in [0.05, 0.1) is 6.54 Å². The van der Waals surface area contributed by atoms with Gasteiger partial charge in [-0.15, -0.1) is 0 Å². The zero-order valence-electron chi connectivity index (χ0n) is 13.9. The van der Waals surface area contributed by atoms with E-state index < -0.39 is 5.60 Å². The van der Waals surface area contributed by atoms with Crippen molar-refractivity contribution in [2.75, 3.05) is 13.7 Å². The van der Waals surface area contributed by atoms with Crippen molar-refractivity contribution in [2.24, 2.45) is 0 Å². The van der Waals surface area contributed by atoms with Crippen LogP contribution in [-0.4, -0.2) is 19.6 Å². The number of carbonyl (C=O) groups is 1. The van der Waals surface area contributed by atoms with Gasteiger partial charge >= 0.3 is 0 Å². The Kier molecular flexibility index (Phi) is 5.16. The number of ether oxygens (including phenoxy) is 1. The first-order chi connectivity index (χ1) is 10.9. The lowest BCUT2D eigenvalue weighted by molar-refractivity contribution is 0.000382. The molecule has 0 aromatic heterocycles. The van der Waals surface area contributed by atoms with E-state index in [0.717, 1.165) is 11.1 Å². The third-order valence-electron chi connectivity index (χ3n) is 4.12. The van der Waals surface area contributed by atoms with E-state index in [2.05, 4.69) is 5.32 Å². The maximum Gasteiger partial charge on any atom is 0.251 e. The van der Waals surface area contributed by atoms with Crippen LogP contribution in [0.2, 0.25) is 0 Å². The van der Waals surface area contributed by atoms with Crippen LogP contribution in [0.1, 0.15) is 34.0 Å². The second-order valence-corrected chi connectivity index (χ2v) is 5.92. The van der Waals surface area contributed by atoms with E-state index in [1.165, 1.54) is 13.2 Å². The predicted molar refractivity (Wildman–Crippen MR) is 89.0 cm³/mol. The fourth-order valence-corrected chi connectivity index (χ4v) is 2.49. The van der Waals surface area contributed by atoms with Crippen LogP contribution in [0.15, 0.2) is 42.5 Å². The number of methoxy groups -OCH3 is 1. The summed E-state index contributed by atoms with van der Waals surface area (Å²) < 4.78 is 19.5. The molecule has 0 aliphatic rings. The molecular weight excluding hydrogens is 293 g/mol. The molecule has 1 amide bonds. The summed E-state index contributed by atoms with van der Waals surface area (Å²) in [7, 11) is 1.51. The lowest BCUT2D eigenvalue weighted by Gasteiger charge is -2.29. The highest BCUT2D eigenvalue weighted by Crippen LogP contribution is 2.26. The normalized spacial score (nSPS) is 13.4. The molecule has 0 aliphatic heterocycles. The number of hydrogen-bond acceptors (Lipinski definition) is 2. The van der Waals surface area contributed by atoms with Crippen molar-refractivity contribution in [1.82, 2.24) is 5.32 Å². The second-order valence-electron chi connectivity index (χ2n) is 5.92. The van der Waals surface area contributed by atoms with E-state index in [9.17, 15) is 9.18 Å². The molecule has 0 saturated carbocycles. The number of halogens is 1. The minimum absolute atomic E-state index is 0.177. The van der Waals surface area contributed by atoms with Crippen molar-refractivity contribution < 1.29 is 13.9 Å². The van der Waals surface area contributed by atoms with Crippen LogP contribution in [0.3, 0.4) is 0 Å². The molecule has 0 spiro atoms. The molecule has 0 bridgehead atoms. The highest BCUT2D eigenvalue weighted by molar-refractivity contribution is 5.95. The molecular formula is C19H22FNO2. The average Bonchev–Trinajstić information content (AvgIpc) is 2.55. The third kappa shape index (κ3) is 3.77. The van der Waals surface area contributed by atoms with Gasteiger partial charge in [0.25, 0.3) is 5.91 Å². The topological polar surface area (TPSA) is 38.3 Å². The van der Waals surface area contributed by atoms with Crippen LogP contribution in [-0.2, 0) is 10.3 Å². The monoisotopic (exact) mass is 315 g/mol. The molecule has 0 fully saturated rings. The zero-order chi connectivity index (χ0) is 17.0. The van der Waals surface area contributed by atoms with Crippen LogP contribution in [0.5, 0.6) is 0 Å². The summed E-state index contributed by atoms with van der Waals surface area (Å²) in [5.41, 5.74) is 2.03. The van der Waals surface area contributed by atoms with E-state index in [1.807, 2.05) is 32.0 Å². The summed E-state index contributed by atoms with van der Waals surface area (Å²) in [5.74, 6) is -0.538. The van der Waals surface area contributed by atoms with Crippen molar-refractivity contribution >= 4 is 5.91 Å². The van der Waals surface area contributed by atoms with Crippen LogP contribution in [0.25, 0.3) is 0 Å². The first kappa shape index (κ1) is 17.2. The average molecular weight is 315 g/mol. The fraction of sp³-hybridized carbons (Fsp3) is 0.316. The lowest BCUT2D eigenvalue weighted by Crippen LogP contribution is -2.40. The Morgan fingerprint density at radius 3 is 2.57 bits per heavy atom. The van der Waals surface area contributed by atoms with E-state index in [1.54, 1.807) is 25.1 Å². The number of nitrogens with one attached hydrogen (secondary N) is 1. The van der Waals surface area contributed by atoms with E-state index >= 15 is 0 Å². The Bertz CT molecular complexity index is 714. The second kappa shape index (κ2) is 6.92. The molecule has 0 saturated heterocycles. The highest BCUT2D eigenvalue weighted by Gasteiger charge is 2.30. The molecule has 0 radical (unpaired) electrons. The van der Waals surface area contributed by atoms with Gasteiger partial charge in [-0.05, 0) is 38.5 Å². The third-order valence-corrected chi connectivity index (χ3v) is 4.12. The van der Waals surface area contributed by atoms with Gasteiger partial charge < -0.3 is 10.1 Å². The molecule has 122 valence electrons. The number of hydrogen-bond donors (Lipinski definition) is 1.